The van der Waals surface area contributed by atoms with Crippen LogP contribution in [0.2, 0.25) is 0 Å². The van der Waals surface area contributed by atoms with Crippen molar-refractivity contribution in [2.24, 2.45) is 0 Å². The van der Waals surface area contributed by atoms with Crippen LogP contribution in [0.1, 0.15) is 31.6 Å². The first-order valence-corrected chi connectivity index (χ1v) is 6.70. The fourth-order valence-electron chi connectivity index (χ4n) is 2.48. The minimum atomic E-state index is 0.0361. The van der Waals surface area contributed by atoms with Gasteiger partial charge in [-0.25, -0.2) is 0 Å². The van der Waals surface area contributed by atoms with Gasteiger partial charge in [0.15, 0.2) is 0 Å². The summed E-state index contributed by atoms with van der Waals surface area (Å²) in [6.45, 7) is 3.84. The molecule has 18 heavy (non-hydrogen) atoms. The lowest BCUT2D eigenvalue weighted by molar-refractivity contribution is 0.0521. The number of rotatable bonds is 2. The van der Waals surface area contributed by atoms with Crippen LogP contribution in [0.4, 0.5) is 0 Å². The molecule has 1 aliphatic heterocycles. The van der Waals surface area contributed by atoms with Gasteiger partial charge in [0.2, 0.25) is 0 Å². The van der Waals surface area contributed by atoms with Crippen molar-refractivity contribution in [1.29, 1.82) is 0 Å². The molecule has 3 heteroatoms. The molecule has 0 radical (unpaired) electrons. The van der Waals surface area contributed by atoms with Crippen molar-refractivity contribution in [3.63, 3.8) is 0 Å². The van der Waals surface area contributed by atoms with Crippen molar-refractivity contribution in [2.75, 3.05) is 13.2 Å². The van der Waals surface area contributed by atoms with Crippen LogP contribution in [0.3, 0.4) is 0 Å². The van der Waals surface area contributed by atoms with Crippen LogP contribution in [-0.2, 0) is 4.74 Å². The molecule has 2 atom stereocenters. The summed E-state index contributed by atoms with van der Waals surface area (Å²) in [6, 6.07) is 10.8. The lowest BCUT2D eigenvalue weighted by Crippen LogP contribution is -2.29. The molecule has 1 fully saturated rings. The Bertz CT molecular complexity index is 487. The fraction of sp³-hybridized carbons (Fsp3) is 0.467. The third kappa shape index (κ3) is 2.28. The molecule has 3 rings (SSSR count). The third-order valence-electron chi connectivity index (χ3n) is 3.63. The standard InChI is InChI=1S/C15H19NO2/c1-2-12-7-8-17-15(10-16-12)14-9-11-5-3-4-6-13(11)18-14/h3-6,9,12,15-16H,2,7-8,10H2,1H3. The molecule has 0 saturated carbocycles. The molecule has 3 nitrogen and oxygen atoms in total. The van der Waals surface area contributed by atoms with Crippen molar-refractivity contribution in [1.82, 2.24) is 5.32 Å². The van der Waals surface area contributed by atoms with Crippen LogP contribution in [-0.4, -0.2) is 19.2 Å². The first kappa shape index (κ1) is 11.8. The molecule has 2 unspecified atom stereocenters. The molecule has 96 valence electrons. The van der Waals surface area contributed by atoms with E-state index in [9.17, 15) is 0 Å². The topological polar surface area (TPSA) is 34.4 Å². The van der Waals surface area contributed by atoms with E-state index in [0.717, 1.165) is 42.7 Å². The Morgan fingerprint density at radius 3 is 3.06 bits per heavy atom. The summed E-state index contributed by atoms with van der Waals surface area (Å²) in [6.07, 6.45) is 2.26. The molecular weight excluding hydrogens is 226 g/mol. The summed E-state index contributed by atoms with van der Waals surface area (Å²) >= 11 is 0. The molecule has 1 aromatic carbocycles. The molecule has 1 saturated heterocycles. The second kappa shape index (κ2) is 5.12. The Morgan fingerprint density at radius 2 is 2.22 bits per heavy atom. The summed E-state index contributed by atoms with van der Waals surface area (Å²) in [5.41, 5.74) is 0.937. The summed E-state index contributed by atoms with van der Waals surface area (Å²) in [5, 5.41) is 4.68. The number of benzene rings is 1. The van der Waals surface area contributed by atoms with Crippen LogP contribution in [0.5, 0.6) is 0 Å². The predicted molar refractivity (Wildman–Crippen MR) is 71.6 cm³/mol. The Morgan fingerprint density at radius 1 is 1.33 bits per heavy atom. The van der Waals surface area contributed by atoms with Gasteiger partial charge < -0.3 is 14.5 Å². The summed E-state index contributed by atoms with van der Waals surface area (Å²) < 4.78 is 11.8. The number of hydrogen-bond acceptors (Lipinski definition) is 3. The molecule has 2 aromatic rings. The molecule has 0 bridgehead atoms. The zero-order chi connectivity index (χ0) is 12.4. The molecule has 1 N–H and O–H groups in total. The fourth-order valence-corrected chi connectivity index (χ4v) is 2.48. The highest BCUT2D eigenvalue weighted by atomic mass is 16.5. The monoisotopic (exact) mass is 245 g/mol. The molecule has 1 aromatic heterocycles. The quantitative estimate of drug-likeness (QED) is 0.881. The van der Waals surface area contributed by atoms with Crippen molar-refractivity contribution in [3.05, 3.63) is 36.1 Å². The Kier molecular flexibility index (Phi) is 3.35. The van der Waals surface area contributed by atoms with Gasteiger partial charge in [0.1, 0.15) is 17.4 Å². The predicted octanol–water partition coefficient (Wildman–Crippen LogP) is 3.26. The van der Waals surface area contributed by atoms with Gasteiger partial charge in [-0.05, 0) is 25.0 Å². The zero-order valence-corrected chi connectivity index (χ0v) is 10.7. The average molecular weight is 245 g/mol. The van der Waals surface area contributed by atoms with Gasteiger partial charge in [-0.1, -0.05) is 25.1 Å². The smallest absolute Gasteiger partial charge is 0.135 e. The highest BCUT2D eigenvalue weighted by Crippen LogP contribution is 2.27. The van der Waals surface area contributed by atoms with Gasteiger partial charge in [0.25, 0.3) is 0 Å². The third-order valence-corrected chi connectivity index (χ3v) is 3.63. The molecule has 2 heterocycles. The molecule has 0 amide bonds. The van der Waals surface area contributed by atoms with E-state index in [1.165, 1.54) is 0 Å². The zero-order valence-electron chi connectivity index (χ0n) is 10.7. The van der Waals surface area contributed by atoms with Gasteiger partial charge in [-0.3, -0.25) is 0 Å². The van der Waals surface area contributed by atoms with E-state index in [0.29, 0.717) is 6.04 Å². The minimum Gasteiger partial charge on any atom is -0.458 e. The first-order valence-electron chi connectivity index (χ1n) is 6.70. The number of furan rings is 1. The van der Waals surface area contributed by atoms with Crippen LogP contribution in [0, 0.1) is 0 Å². The first-order chi connectivity index (χ1) is 8.86. The van der Waals surface area contributed by atoms with Gasteiger partial charge in [-0.2, -0.15) is 0 Å². The molecular formula is C15H19NO2. The largest absolute Gasteiger partial charge is 0.458 e. The average Bonchev–Trinajstić information content (AvgIpc) is 2.68. The lowest BCUT2D eigenvalue weighted by atomic mass is 10.1. The summed E-state index contributed by atoms with van der Waals surface area (Å²) in [5.74, 6) is 0.931. The van der Waals surface area contributed by atoms with Crippen molar-refractivity contribution < 1.29 is 9.15 Å². The maximum absolute atomic E-state index is 5.89. The van der Waals surface area contributed by atoms with Crippen LogP contribution in [0.25, 0.3) is 11.0 Å². The number of hydrogen-bond donors (Lipinski definition) is 1. The van der Waals surface area contributed by atoms with Gasteiger partial charge >= 0.3 is 0 Å². The minimum absolute atomic E-state index is 0.0361. The van der Waals surface area contributed by atoms with E-state index < -0.39 is 0 Å². The van der Waals surface area contributed by atoms with E-state index in [2.05, 4.69) is 24.4 Å². The van der Waals surface area contributed by atoms with Gasteiger partial charge in [0.05, 0.1) is 0 Å². The van der Waals surface area contributed by atoms with E-state index in [1.807, 2.05) is 18.2 Å². The van der Waals surface area contributed by atoms with Crippen LogP contribution >= 0.6 is 0 Å². The van der Waals surface area contributed by atoms with E-state index in [1.54, 1.807) is 0 Å². The van der Waals surface area contributed by atoms with Crippen molar-refractivity contribution in [2.45, 2.75) is 31.9 Å². The van der Waals surface area contributed by atoms with Gasteiger partial charge in [0, 0.05) is 24.6 Å². The maximum Gasteiger partial charge on any atom is 0.135 e. The van der Waals surface area contributed by atoms with Gasteiger partial charge in [-0.15, -0.1) is 0 Å². The highest BCUT2D eigenvalue weighted by molar-refractivity contribution is 5.77. The van der Waals surface area contributed by atoms with Crippen LogP contribution < -0.4 is 5.32 Å². The van der Waals surface area contributed by atoms with Crippen molar-refractivity contribution in [3.8, 4) is 0 Å². The van der Waals surface area contributed by atoms with E-state index >= 15 is 0 Å². The van der Waals surface area contributed by atoms with Crippen LogP contribution in [0.15, 0.2) is 34.7 Å². The van der Waals surface area contributed by atoms with E-state index in [-0.39, 0.29) is 6.10 Å². The highest BCUT2D eigenvalue weighted by Gasteiger charge is 2.21. The number of para-hydroxylation sites is 1. The summed E-state index contributed by atoms with van der Waals surface area (Å²) in [4.78, 5) is 0. The molecule has 0 aliphatic carbocycles. The van der Waals surface area contributed by atoms with E-state index in [4.69, 9.17) is 9.15 Å². The lowest BCUT2D eigenvalue weighted by Gasteiger charge is -2.13. The second-order valence-corrected chi connectivity index (χ2v) is 4.85. The summed E-state index contributed by atoms with van der Waals surface area (Å²) in [7, 11) is 0. The Balaban J connectivity index is 1.81. The molecule has 0 spiro atoms. The second-order valence-electron chi connectivity index (χ2n) is 4.85. The SMILES string of the molecule is CCC1CCOC(c2cc3ccccc3o2)CN1. The van der Waals surface area contributed by atoms with Crippen molar-refractivity contribution >= 4 is 11.0 Å². The maximum atomic E-state index is 5.89. The Hall–Kier alpha value is -1.32. The normalized spacial score (nSPS) is 25.2. The number of fused-ring (bicyclic) bond motifs is 1. The molecule has 1 aliphatic rings. The Labute approximate surface area is 107 Å². The number of ether oxygens (including phenoxy) is 1. The number of nitrogens with one attached hydrogen (secondary N) is 1.